The van der Waals surface area contributed by atoms with Crippen LogP contribution in [0.1, 0.15) is 17.5 Å². The van der Waals surface area contributed by atoms with E-state index in [1.165, 1.54) is 0 Å². The van der Waals surface area contributed by atoms with Crippen LogP contribution >= 0.6 is 0 Å². The smallest absolute Gasteiger partial charge is 0.272 e. The normalized spacial score (nSPS) is 10.6. The Balaban J connectivity index is 1.79. The van der Waals surface area contributed by atoms with Crippen LogP contribution in [0, 0.1) is 0 Å². The summed E-state index contributed by atoms with van der Waals surface area (Å²) >= 11 is 0. The quantitative estimate of drug-likeness (QED) is 0.778. The molecule has 0 radical (unpaired) electrons. The molecule has 0 spiro atoms. The number of benzene rings is 2. The van der Waals surface area contributed by atoms with Crippen molar-refractivity contribution in [3.05, 3.63) is 59.7 Å². The number of carbonyl (C=O) groups excluding carboxylic acids is 1. The average Bonchev–Trinajstić information content (AvgIpc) is 2.58. The largest absolute Gasteiger partial charge is 0.508 e. The zero-order chi connectivity index (χ0) is 17.4. The molecule has 4 nitrogen and oxygen atoms in total. The van der Waals surface area contributed by atoms with E-state index in [4.69, 9.17) is 4.74 Å². The maximum atomic E-state index is 12.1. The van der Waals surface area contributed by atoms with E-state index in [0.29, 0.717) is 12.2 Å². The van der Waals surface area contributed by atoms with Crippen LogP contribution in [0.3, 0.4) is 0 Å². The lowest BCUT2D eigenvalue weighted by Crippen LogP contribution is -2.23. The maximum absolute atomic E-state index is 12.1. The number of rotatable bonds is 8. The lowest BCUT2D eigenvalue weighted by atomic mass is 10.1. The molecule has 0 atom stereocenters. The van der Waals surface area contributed by atoms with Crippen LogP contribution in [0.15, 0.2) is 48.5 Å². The molecule has 0 aliphatic rings. The number of amides is 1. The summed E-state index contributed by atoms with van der Waals surface area (Å²) in [6.07, 6.45) is -1.84. The van der Waals surface area contributed by atoms with Gasteiger partial charge in [-0.1, -0.05) is 30.3 Å². The third kappa shape index (κ3) is 5.87. The van der Waals surface area contributed by atoms with Gasteiger partial charge in [0.25, 0.3) is 6.43 Å². The Morgan fingerprint density at radius 3 is 2.71 bits per heavy atom. The highest BCUT2D eigenvalue weighted by Crippen LogP contribution is 2.17. The van der Waals surface area contributed by atoms with Crippen LogP contribution in [-0.2, 0) is 17.8 Å². The molecule has 0 bridgehead atoms. The van der Waals surface area contributed by atoms with E-state index < -0.39 is 13.0 Å². The van der Waals surface area contributed by atoms with Crippen LogP contribution in [-0.4, -0.2) is 24.0 Å². The van der Waals surface area contributed by atoms with Crippen molar-refractivity contribution in [1.29, 1.82) is 0 Å². The van der Waals surface area contributed by atoms with Crippen LogP contribution < -0.4 is 10.1 Å². The predicted molar refractivity (Wildman–Crippen MR) is 86.2 cm³/mol. The van der Waals surface area contributed by atoms with Crippen LogP contribution in [0.5, 0.6) is 11.5 Å². The van der Waals surface area contributed by atoms with Crippen molar-refractivity contribution in [3.8, 4) is 11.5 Å². The van der Waals surface area contributed by atoms with Crippen molar-refractivity contribution < 1.29 is 23.4 Å². The second-order valence-corrected chi connectivity index (χ2v) is 5.25. The molecule has 2 aromatic carbocycles. The van der Waals surface area contributed by atoms with Gasteiger partial charge < -0.3 is 15.2 Å². The number of hydrogen-bond donors (Lipinski definition) is 2. The SMILES string of the molecule is O=C(CCc1ccccc1O)NCc1cccc(OCC(F)F)c1. The fraction of sp³-hybridized carbons (Fsp3) is 0.278. The highest BCUT2D eigenvalue weighted by atomic mass is 19.3. The molecule has 2 aromatic rings. The fourth-order valence-electron chi connectivity index (χ4n) is 2.16. The number of carbonyl (C=O) groups is 1. The molecule has 0 aromatic heterocycles. The Morgan fingerprint density at radius 2 is 1.96 bits per heavy atom. The molecule has 24 heavy (non-hydrogen) atoms. The van der Waals surface area contributed by atoms with Gasteiger partial charge in [0, 0.05) is 13.0 Å². The Hall–Kier alpha value is -2.63. The first kappa shape index (κ1) is 17.7. The Kier molecular flexibility index (Phi) is 6.54. The number of para-hydroxylation sites is 1. The van der Waals surface area contributed by atoms with Crippen molar-refractivity contribution in [1.82, 2.24) is 5.32 Å². The molecule has 0 saturated heterocycles. The van der Waals surface area contributed by atoms with E-state index in [1.807, 2.05) is 0 Å². The van der Waals surface area contributed by atoms with Crippen LogP contribution in [0.4, 0.5) is 8.78 Å². The van der Waals surface area contributed by atoms with Gasteiger partial charge in [-0.05, 0) is 35.7 Å². The van der Waals surface area contributed by atoms with Crippen molar-refractivity contribution in [2.45, 2.75) is 25.8 Å². The van der Waals surface area contributed by atoms with Gasteiger partial charge in [-0.3, -0.25) is 4.79 Å². The second-order valence-electron chi connectivity index (χ2n) is 5.25. The Morgan fingerprint density at radius 1 is 1.17 bits per heavy atom. The van der Waals surface area contributed by atoms with Gasteiger partial charge in [-0.15, -0.1) is 0 Å². The van der Waals surface area contributed by atoms with Gasteiger partial charge >= 0.3 is 0 Å². The zero-order valence-corrected chi connectivity index (χ0v) is 13.0. The predicted octanol–water partition coefficient (Wildman–Crippen LogP) is 3.29. The summed E-state index contributed by atoms with van der Waals surface area (Å²) in [5.74, 6) is 0.364. The maximum Gasteiger partial charge on any atom is 0.272 e. The van der Waals surface area contributed by atoms with Crippen LogP contribution in [0.2, 0.25) is 0 Å². The molecule has 1 amide bonds. The number of hydrogen-bond acceptors (Lipinski definition) is 3. The summed E-state index contributed by atoms with van der Waals surface area (Å²) in [5, 5.41) is 12.4. The summed E-state index contributed by atoms with van der Waals surface area (Å²) < 4.78 is 29.2. The minimum Gasteiger partial charge on any atom is -0.508 e. The number of alkyl halides is 2. The number of halogens is 2. The lowest BCUT2D eigenvalue weighted by molar-refractivity contribution is -0.121. The van der Waals surface area contributed by atoms with E-state index >= 15 is 0 Å². The first-order chi connectivity index (χ1) is 11.5. The molecule has 0 fully saturated rings. The van der Waals surface area contributed by atoms with Crippen molar-refractivity contribution in [3.63, 3.8) is 0 Å². The minimum absolute atomic E-state index is 0.155. The summed E-state index contributed by atoms with van der Waals surface area (Å²) in [6, 6.07) is 13.5. The van der Waals surface area contributed by atoms with Gasteiger partial charge in [-0.25, -0.2) is 8.78 Å². The molecule has 6 heteroatoms. The molecular formula is C18H19F2NO3. The number of phenols is 1. The minimum atomic E-state index is -2.53. The van der Waals surface area contributed by atoms with E-state index in [0.717, 1.165) is 11.1 Å². The summed E-state index contributed by atoms with van der Waals surface area (Å²) in [4.78, 5) is 11.9. The topological polar surface area (TPSA) is 58.6 Å². The lowest BCUT2D eigenvalue weighted by Gasteiger charge is -2.09. The molecule has 0 heterocycles. The van der Waals surface area contributed by atoms with Crippen molar-refractivity contribution >= 4 is 5.91 Å². The average molecular weight is 335 g/mol. The highest BCUT2D eigenvalue weighted by molar-refractivity contribution is 5.76. The standard InChI is InChI=1S/C18H19F2NO3/c19-17(20)12-24-15-6-3-4-13(10-15)11-21-18(23)9-8-14-5-1-2-7-16(14)22/h1-7,10,17,22H,8-9,11-12H2,(H,21,23). The van der Waals surface area contributed by atoms with Gasteiger partial charge in [0.15, 0.2) is 0 Å². The van der Waals surface area contributed by atoms with E-state index in [1.54, 1.807) is 48.5 Å². The molecule has 0 saturated carbocycles. The fourth-order valence-corrected chi connectivity index (χ4v) is 2.16. The van der Waals surface area contributed by atoms with Gasteiger partial charge in [-0.2, -0.15) is 0 Å². The molecule has 2 N–H and O–H groups in total. The van der Waals surface area contributed by atoms with Gasteiger partial charge in [0.05, 0.1) is 0 Å². The number of ether oxygens (including phenoxy) is 1. The Labute approximate surface area is 139 Å². The van der Waals surface area contributed by atoms with Gasteiger partial charge in [0.1, 0.15) is 18.1 Å². The second kappa shape index (κ2) is 8.86. The molecule has 0 unspecified atom stereocenters. The molecule has 0 aliphatic carbocycles. The van der Waals surface area contributed by atoms with E-state index in [9.17, 15) is 18.7 Å². The summed E-state index contributed by atoms with van der Waals surface area (Å²) in [6.45, 7) is -0.373. The summed E-state index contributed by atoms with van der Waals surface area (Å²) in [7, 11) is 0. The molecule has 0 aliphatic heterocycles. The van der Waals surface area contributed by atoms with E-state index in [2.05, 4.69) is 5.32 Å². The number of aromatic hydroxyl groups is 1. The first-order valence-corrected chi connectivity index (χ1v) is 7.58. The monoisotopic (exact) mass is 335 g/mol. The molecular weight excluding hydrogens is 316 g/mol. The van der Waals surface area contributed by atoms with Gasteiger partial charge in [0.2, 0.25) is 5.91 Å². The van der Waals surface area contributed by atoms with E-state index in [-0.39, 0.29) is 24.6 Å². The first-order valence-electron chi connectivity index (χ1n) is 7.58. The third-order valence-electron chi connectivity index (χ3n) is 3.38. The number of aryl methyl sites for hydroxylation is 1. The zero-order valence-electron chi connectivity index (χ0n) is 13.0. The highest BCUT2D eigenvalue weighted by Gasteiger charge is 2.07. The molecule has 2 rings (SSSR count). The molecule has 128 valence electrons. The van der Waals surface area contributed by atoms with Crippen molar-refractivity contribution in [2.75, 3.05) is 6.61 Å². The Bertz CT molecular complexity index is 677. The van der Waals surface area contributed by atoms with Crippen molar-refractivity contribution in [2.24, 2.45) is 0 Å². The summed E-state index contributed by atoms with van der Waals surface area (Å²) in [5.41, 5.74) is 1.48. The number of nitrogens with one attached hydrogen (secondary N) is 1. The number of phenolic OH excluding ortho intramolecular Hbond substituents is 1. The van der Waals surface area contributed by atoms with Crippen LogP contribution in [0.25, 0.3) is 0 Å². The third-order valence-corrected chi connectivity index (χ3v) is 3.38.